The molecule has 1 aromatic heterocycles. The minimum absolute atomic E-state index is 0.101. The standard InChI is InChI=1S/C18H20FN3O8/c19-10-6-22(17(27)21-15(10)26)16-12(14(25)13(24)11(7-23)30-16)20-18(28)29-8-9-4-2-1-3-5-9/h1-6,11-14,16,23-25H,7-8H2,(H,20,28)(H,21,26,27)/t11-,12-,13+,14+,16-/m0/s1. The van der Waals surface area contributed by atoms with Crippen molar-refractivity contribution in [2.24, 2.45) is 0 Å². The maximum Gasteiger partial charge on any atom is 0.407 e. The Morgan fingerprint density at radius 3 is 2.60 bits per heavy atom. The summed E-state index contributed by atoms with van der Waals surface area (Å²) in [6, 6.07) is 7.22. The average Bonchev–Trinajstić information content (AvgIpc) is 2.74. The van der Waals surface area contributed by atoms with E-state index in [2.05, 4.69) is 5.32 Å². The fourth-order valence-electron chi connectivity index (χ4n) is 3.04. The first-order chi connectivity index (χ1) is 14.3. The number of halogens is 1. The van der Waals surface area contributed by atoms with E-state index >= 15 is 0 Å². The number of nitrogens with one attached hydrogen (secondary N) is 2. The van der Waals surface area contributed by atoms with Gasteiger partial charge in [-0.1, -0.05) is 30.3 Å². The molecule has 30 heavy (non-hydrogen) atoms. The van der Waals surface area contributed by atoms with Crippen LogP contribution in [0.5, 0.6) is 0 Å². The predicted molar refractivity (Wildman–Crippen MR) is 97.8 cm³/mol. The second kappa shape index (κ2) is 9.17. The Hall–Kier alpha value is -3.06. The molecule has 1 aromatic carbocycles. The van der Waals surface area contributed by atoms with E-state index in [0.29, 0.717) is 16.3 Å². The van der Waals surface area contributed by atoms with Gasteiger partial charge in [0, 0.05) is 0 Å². The SMILES string of the molecule is O=C(N[C@H]1[C@@H](O)[C@H](O)[C@H](CO)O[C@@H]1n1cc(F)c(=O)[nH]c1=O)OCc1ccccc1. The number of alkyl carbamates (subject to hydrolysis) is 1. The summed E-state index contributed by atoms with van der Waals surface area (Å²) < 4.78 is 24.8. The highest BCUT2D eigenvalue weighted by Crippen LogP contribution is 2.27. The third-order valence-corrected chi connectivity index (χ3v) is 4.60. The summed E-state index contributed by atoms with van der Waals surface area (Å²) >= 11 is 0. The summed E-state index contributed by atoms with van der Waals surface area (Å²) in [5.74, 6) is -1.32. The van der Waals surface area contributed by atoms with Crippen molar-refractivity contribution in [3.05, 3.63) is 68.7 Å². The molecule has 1 aliphatic rings. The number of carbonyl (C=O) groups excluding carboxylic acids is 1. The molecule has 0 bridgehead atoms. The van der Waals surface area contributed by atoms with Gasteiger partial charge in [-0.05, 0) is 5.56 Å². The van der Waals surface area contributed by atoms with Crippen LogP contribution in [0.3, 0.4) is 0 Å². The van der Waals surface area contributed by atoms with Crippen LogP contribution in [0.1, 0.15) is 11.8 Å². The molecule has 3 rings (SSSR count). The van der Waals surface area contributed by atoms with Gasteiger partial charge in [0.15, 0.2) is 6.23 Å². The van der Waals surface area contributed by atoms with Crippen LogP contribution in [0.4, 0.5) is 9.18 Å². The number of aliphatic hydroxyl groups excluding tert-OH is 3. The van der Waals surface area contributed by atoms with Crippen molar-refractivity contribution in [1.29, 1.82) is 0 Å². The van der Waals surface area contributed by atoms with Crippen LogP contribution in [0.2, 0.25) is 0 Å². The van der Waals surface area contributed by atoms with Gasteiger partial charge in [0.25, 0.3) is 5.56 Å². The summed E-state index contributed by atoms with van der Waals surface area (Å²) in [6.45, 7) is -0.837. The van der Waals surface area contributed by atoms with Crippen LogP contribution in [0, 0.1) is 5.82 Å². The zero-order chi connectivity index (χ0) is 21.8. The molecule has 11 nitrogen and oxygen atoms in total. The molecule has 0 radical (unpaired) electrons. The maximum atomic E-state index is 13.7. The van der Waals surface area contributed by atoms with Crippen LogP contribution in [-0.4, -0.2) is 61.9 Å². The van der Waals surface area contributed by atoms with E-state index in [-0.39, 0.29) is 6.61 Å². The lowest BCUT2D eigenvalue weighted by Gasteiger charge is -2.42. The van der Waals surface area contributed by atoms with Gasteiger partial charge < -0.3 is 30.1 Å². The molecule has 5 N–H and O–H groups in total. The summed E-state index contributed by atoms with van der Waals surface area (Å²) in [5.41, 5.74) is -1.67. The van der Waals surface area contributed by atoms with Crippen molar-refractivity contribution >= 4 is 6.09 Å². The highest BCUT2D eigenvalue weighted by Gasteiger charge is 2.46. The normalized spacial score (nSPS) is 26.2. The number of aromatic amines is 1. The van der Waals surface area contributed by atoms with E-state index in [1.54, 1.807) is 35.3 Å². The fourth-order valence-corrected chi connectivity index (χ4v) is 3.04. The van der Waals surface area contributed by atoms with Crippen LogP contribution < -0.4 is 16.6 Å². The largest absolute Gasteiger partial charge is 0.445 e. The summed E-state index contributed by atoms with van der Waals surface area (Å²) in [7, 11) is 0. The second-order valence-corrected chi connectivity index (χ2v) is 6.60. The molecule has 2 heterocycles. The van der Waals surface area contributed by atoms with Crippen LogP contribution >= 0.6 is 0 Å². The Bertz CT molecular complexity index is 995. The Kier molecular flexibility index (Phi) is 6.62. The topological polar surface area (TPSA) is 163 Å². The Labute approximate surface area is 168 Å². The molecule has 0 saturated carbocycles. The number of aromatic nitrogens is 2. The quantitative estimate of drug-likeness (QED) is 0.390. The number of H-pyrrole nitrogens is 1. The van der Waals surface area contributed by atoms with E-state index in [0.717, 1.165) is 0 Å². The molecule has 2 aromatic rings. The lowest BCUT2D eigenvalue weighted by atomic mass is 9.96. The van der Waals surface area contributed by atoms with Gasteiger partial charge >= 0.3 is 11.8 Å². The number of rotatable bonds is 5. The summed E-state index contributed by atoms with van der Waals surface area (Å²) in [5, 5.41) is 32.2. The Morgan fingerprint density at radius 2 is 1.93 bits per heavy atom. The number of benzene rings is 1. The number of nitrogens with zero attached hydrogens (tertiary/aromatic N) is 1. The van der Waals surface area contributed by atoms with Crippen molar-refractivity contribution in [3.63, 3.8) is 0 Å². The van der Waals surface area contributed by atoms with E-state index in [9.17, 15) is 34.1 Å². The van der Waals surface area contributed by atoms with Crippen LogP contribution in [0.25, 0.3) is 0 Å². The van der Waals surface area contributed by atoms with E-state index < -0.39 is 60.3 Å². The van der Waals surface area contributed by atoms with Gasteiger partial charge in [0.2, 0.25) is 5.82 Å². The van der Waals surface area contributed by atoms with Gasteiger partial charge in [0.1, 0.15) is 31.0 Å². The van der Waals surface area contributed by atoms with Crippen molar-refractivity contribution in [1.82, 2.24) is 14.9 Å². The molecular formula is C18H20FN3O8. The molecule has 0 unspecified atom stereocenters. The second-order valence-electron chi connectivity index (χ2n) is 6.60. The van der Waals surface area contributed by atoms with Gasteiger partial charge in [-0.3, -0.25) is 14.3 Å². The first-order valence-corrected chi connectivity index (χ1v) is 8.92. The molecule has 5 atom stereocenters. The number of carbonyl (C=O) groups is 1. The fraction of sp³-hybridized carbons (Fsp3) is 0.389. The minimum atomic E-state index is -1.72. The molecule has 1 fully saturated rings. The molecular weight excluding hydrogens is 405 g/mol. The van der Waals surface area contributed by atoms with Crippen molar-refractivity contribution in [2.75, 3.05) is 6.61 Å². The molecule has 1 saturated heterocycles. The predicted octanol–water partition coefficient (Wildman–Crippen LogP) is -1.42. The number of hydrogen-bond acceptors (Lipinski definition) is 8. The molecule has 12 heteroatoms. The van der Waals surface area contributed by atoms with E-state index in [1.807, 2.05) is 0 Å². The highest BCUT2D eigenvalue weighted by atomic mass is 19.1. The Balaban J connectivity index is 1.84. The number of hydrogen-bond donors (Lipinski definition) is 5. The van der Waals surface area contributed by atoms with Gasteiger partial charge in [-0.2, -0.15) is 4.39 Å². The maximum absolute atomic E-state index is 13.7. The number of aliphatic hydroxyl groups is 3. The van der Waals surface area contributed by atoms with Crippen LogP contribution in [0.15, 0.2) is 46.1 Å². The molecule has 162 valence electrons. The molecule has 0 spiro atoms. The third-order valence-electron chi connectivity index (χ3n) is 4.60. The third kappa shape index (κ3) is 4.57. The van der Waals surface area contributed by atoms with Crippen molar-refractivity contribution in [2.45, 2.75) is 37.2 Å². The van der Waals surface area contributed by atoms with Crippen LogP contribution in [-0.2, 0) is 16.1 Å². The van der Waals surface area contributed by atoms with Crippen molar-refractivity contribution < 1.29 is 34.0 Å². The summed E-state index contributed by atoms with van der Waals surface area (Å²) in [4.78, 5) is 37.4. The van der Waals surface area contributed by atoms with Gasteiger partial charge in [0.05, 0.1) is 12.8 Å². The van der Waals surface area contributed by atoms with Gasteiger partial charge in [-0.25, -0.2) is 9.59 Å². The summed E-state index contributed by atoms with van der Waals surface area (Å²) in [6.07, 6.45) is -6.73. The van der Waals surface area contributed by atoms with E-state index in [1.165, 1.54) is 0 Å². The average molecular weight is 425 g/mol. The first kappa shape index (κ1) is 21.6. The number of amides is 1. The lowest BCUT2D eigenvalue weighted by Crippen LogP contribution is -2.63. The zero-order valence-corrected chi connectivity index (χ0v) is 15.5. The molecule has 1 amide bonds. The smallest absolute Gasteiger partial charge is 0.407 e. The van der Waals surface area contributed by atoms with Gasteiger partial charge in [-0.15, -0.1) is 0 Å². The van der Waals surface area contributed by atoms with Crippen molar-refractivity contribution in [3.8, 4) is 0 Å². The zero-order valence-electron chi connectivity index (χ0n) is 15.5. The number of ether oxygens (including phenoxy) is 2. The molecule has 1 aliphatic heterocycles. The van der Waals surface area contributed by atoms with E-state index in [4.69, 9.17) is 9.47 Å². The lowest BCUT2D eigenvalue weighted by molar-refractivity contribution is -0.216. The highest BCUT2D eigenvalue weighted by molar-refractivity contribution is 5.67. The molecule has 0 aliphatic carbocycles. The first-order valence-electron chi connectivity index (χ1n) is 8.92. The minimum Gasteiger partial charge on any atom is -0.445 e. The Morgan fingerprint density at radius 1 is 1.23 bits per heavy atom. The monoisotopic (exact) mass is 425 g/mol.